The predicted molar refractivity (Wildman–Crippen MR) is 137 cm³/mol. The molecule has 2 aromatic carbocycles. The molecular formula is C27H25N5O4. The summed E-state index contributed by atoms with van der Waals surface area (Å²) in [5.41, 5.74) is 4.95. The Hall–Kier alpha value is -4.84. The Balaban J connectivity index is 1.54. The number of hydrogen-bond acceptors (Lipinski definition) is 5. The molecule has 9 nitrogen and oxygen atoms in total. The van der Waals surface area contributed by atoms with Gasteiger partial charge in [0, 0.05) is 41.1 Å². The van der Waals surface area contributed by atoms with Gasteiger partial charge in [-0.3, -0.25) is 14.9 Å². The summed E-state index contributed by atoms with van der Waals surface area (Å²) in [6.07, 6.45) is 4.11. The van der Waals surface area contributed by atoms with Gasteiger partial charge in [0.1, 0.15) is 17.4 Å². The number of nitrogens with one attached hydrogen (secondary N) is 2. The number of nitriles is 1. The normalized spacial score (nSPS) is 11.3. The second-order valence-electron chi connectivity index (χ2n) is 8.31. The molecule has 4 rings (SSSR count). The third-order valence-corrected chi connectivity index (χ3v) is 6.11. The molecule has 1 amide bonds. The number of rotatable bonds is 8. The van der Waals surface area contributed by atoms with E-state index in [9.17, 15) is 20.2 Å². The van der Waals surface area contributed by atoms with Crippen LogP contribution in [0.25, 0.3) is 22.7 Å². The van der Waals surface area contributed by atoms with Crippen molar-refractivity contribution in [2.45, 2.75) is 20.3 Å². The first-order chi connectivity index (χ1) is 17.3. The number of nitrogens with zero attached hydrogens (tertiary/aromatic N) is 3. The molecule has 2 heterocycles. The van der Waals surface area contributed by atoms with E-state index in [2.05, 4.69) is 10.3 Å². The highest BCUT2D eigenvalue weighted by molar-refractivity contribution is 6.01. The van der Waals surface area contributed by atoms with Gasteiger partial charge in [0.25, 0.3) is 11.6 Å². The van der Waals surface area contributed by atoms with Crippen LogP contribution in [0, 0.1) is 35.3 Å². The summed E-state index contributed by atoms with van der Waals surface area (Å²) in [7, 11) is 1.45. The number of fused-ring (bicyclic) bond motifs is 1. The molecular weight excluding hydrogens is 458 g/mol. The topological polar surface area (TPSA) is 126 Å². The van der Waals surface area contributed by atoms with Crippen LogP contribution in [0.2, 0.25) is 0 Å². The fourth-order valence-corrected chi connectivity index (χ4v) is 4.32. The van der Waals surface area contributed by atoms with Crippen molar-refractivity contribution >= 4 is 28.6 Å². The largest absolute Gasteiger partial charge is 0.494 e. The van der Waals surface area contributed by atoms with E-state index in [1.807, 2.05) is 61.0 Å². The van der Waals surface area contributed by atoms with E-state index in [4.69, 9.17) is 4.74 Å². The van der Waals surface area contributed by atoms with E-state index in [1.165, 1.54) is 19.2 Å². The summed E-state index contributed by atoms with van der Waals surface area (Å²) in [6.45, 7) is 4.11. The molecule has 0 saturated heterocycles. The number of aromatic nitrogens is 2. The Morgan fingerprint density at radius 3 is 2.75 bits per heavy atom. The molecule has 182 valence electrons. The Bertz CT molecular complexity index is 1540. The van der Waals surface area contributed by atoms with Crippen molar-refractivity contribution in [3.8, 4) is 17.5 Å². The molecule has 0 atom stereocenters. The molecule has 0 saturated carbocycles. The van der Waals surface area contributed by atoms with Crippen LogP contribution in [0.5, 0.6) is 5.75 Å². The number of methoxy groups -OCH3 is 1. The number of benzene rings is 2. The van der Waals surface area contributed by atoms with Crippen molar-refractivity contribution in [3.05, 3.63) is 92.9 Å². The maximum absolute atomic E-state index is 12.7. The molecule has 36 heavy (non-hydrogen) atoms. The molecule has 0 bridgehead atoms. The minimum Gasteiger partial charge on any atom is -0.494 e. The molecule has 0 radical (unpaired) electrons. The molecule has 0 aliphatic carbocycles. The van der Waals surface area contributed by atoms with Gasteiger partial charge >= 0.3 is 0 Å². The monoisotopic (exact) mass is 483 g/mol. The minimum absolute atomic E-state index is 0.00941. The first-order valence-electron chi connectivity index (χ1n) is 11.3. The molecule has 0 aliphatic rings. The Labute approximate surface area is 207 Å². The molecule has 9 heteroatoms. The Morgan fingerprint density at radius 1 is 1.25 bits per heavy atom. The van der Waals surface area contributed by atoms with Gasteiger partial charge in [-0.2, -0.15) is 5.26 Å². The maximum atomic E-state index is 12.7. The van der Waals surface area contributed by atoms with E-state index in [1.54, 1.807) is 12.1 Å². The fourth-order valence-electron chi connectivity index (χ4n) is 4.32. The standard InChI is InChI=1S/C27H25N5O4/c1-17-12-20(18(2)31(17)25-9-8-22(32(34)35)14-26(25)36-3)13-21(15-28)27(33)29-11-10-19-16-30-24-7-5-4-6-23(19)24/h4-9,12-14,16,30H,10-11H2,1-3H3,(H,29,33). The van der Waals surface area contributed by atoms with Gasteiger partial charge in [0.15, 0.2) is 0 Å². The second-order valence-corrected chi connectivity index (χ2v) is 8.31. The molecule has 0 unspecified atom stereocenters. The van der Waals surface area contributed by atoms with Crippen molar-refractivity contribution < 1.29 is 14.5 Å². The van der Waals surface area contributed by atoms with Crippen LogP contribution in [0.4, 0.5) is 5.69 Å². The third kappa shape index (κ3) is 4.70. The van der Waals surface area contributed by atoms with Gasteiger partial charge < -0.3 is 19.6 Å². The van der Waals surface area contributed by atoms with Gasteiger partial charge in [-0.25, -0.2) is 0 Å². The lowest BCUT2D eigenvalue weighted by Crippen LogP contribution is -2.26. The Kier molecular flexibility index (Phi) is 6.88. The van der Waals surface area contributed by atoms with Crippen molar-refractivity contribution in [1.82, 2.24) is 14.9 Å². The lowest BCUT2D eigenvalue weighted by molar-refractivity contribution is -0.384. The quantitative estimate of drug-likeness (QED) is 0.162. The summed E-state index contributed by atoms with van der Waals surface area (Å²) in [5.74, 6) is -0.105. The number of non-ortho nitro benzene ring substituents is 1. The molecule has 0 fully saturated rings. The lowest BCUT2D eigenvalue weighted by atomic mass is 10.1. The van der Waals surface area contributed by atoms with Crippen molar-refractivity contribution in [2.24, 2.45) is 0 Å². The second kappa shape index (κ2) is 10.2. The highest BCUT2D eigenvalue weighted by Gasteiger charge is 2.18. The number of ether oxygens (including phenoxy) is 1. The van der Waals surface area contributed by atoms with Crippen molar-refractivity contribution in [1.29, 1.82) is 5.26 Å². The van der Waals surface area contributed by atoms with Crippen LogP contribution in [0.1, 0.15) is 22.5 Å². The van der Waals surface area contributed by atoms with Gasteiger partial charge in [-0.05, 0) is 55.7 Å². The maximum Gasteiger partial charge on any atom is 0.273 e. The SMILES string of the molecule is COc1cc([N+](=O)[O-])ccc1-n1c(C)cc(C=C(C#N)C(=O)NCCc2c[nH]c3ccccc23)c1C. The summed E-state index contributed by atoms with van der Waals surface area (Å²) < 4.78 is 7.27. The van der Waals surface area contributed by atoms with Crippen LogP contribution in [-0.4, -0.2) is 34.0 Å². The third-order valence-electron chi connectivity index (χ3n) is 6.11. The zero-order valence-corrected chi connectivity index (χ0v) is 20.2. The smallest absolute Gasteiger partial charge is 0.273 e. The summed E-state index contributed by atoms with van der Waals surface area (Å²) in [5, 5.41) is 24.7. The van der Waals surface area contributed by atoms with Gasteiger partial charge in [0.05, 0.1) is 23.8 Å². The van der Waals surface area contributed by atoms with E-state index in [0.717, 1.165) is 27.9 Å². The van der Waals surface area contributed by atoms with Crippen LogP contribution >= 0.6 is 0 Å². The Morgan fingerprint density at radius 2 is 2.03 bits per heavy atom. The van der Waals surface area contributed by atoms with E-state index in [0.29, 0.717) is 30.0 Å². The van der Waals surface area contributed by atoms with Gasteiger partial charge in [-0.15, -0.1) is 0 Å². The van der Waals surface area contributed by atoms with E-state index >= 15 is 0 Å². The fraction of sp³-hybridized carbons (Fsp3) is 0.185. The number of H-pyrrole nitrogens is 1. The van der Waals surface area contributed by atoms with Crippen LogP contribution in [-0.2, 0) is 11.2 Å². The van der Waals surface area contributed by atoms with Gasteiger partial charge in [0.2, 0.25) is 0 Å². The number of nitro groups is 1. The zero-order chi connectivity index (χ0) is 25.8. The first-order valence-corrected chi connectivity index (χ1v) is 11.3. The molecule has 2 N–H and O–H groups in total. The number of para-hydroxylation sites is 1. The highest BCUT2D eigenvalue weighted by Crippen LogP contribution is 2.32. The van der Waals surface area contributed by atoms with E-state index < -0.39 is 10.8 Å². The number of aryl methyl sites for hydroxylation is 1. The summed E-state index contributed by atoms with van der Waals surface area (Å²) in [4.78, 5) is 26.6. The average molecular weight is 484 g/mol. The molecule has 4 aromatic rings. The summed E-state index contributed by atoms with van der Waals surface area (Å²) >= 11 is 0. The van der Waals surface area contributed by atoms with Crippen LogP contribution in [0.3, 0.4) is 0 Å². The molecule has 0 spiro atoms. The first kappa shape index (κ1) is 24.3. The van der Waals surface area contributed by atoms with Crippen LogP contribution in [0.15, 0.2) is 60.3 Å². The summed E-state index contributed by atoms with van der Waals surface area (Å²) in [6, 6.07) is 16.2. The zero-order valence-electron chi connectivity index (χ0n) is 20.2. The highest BCUT2D eigenvalue weighted by atomic mass is 16.6. The molecule has 2 aromatic heterocycles. The lowest BCUT2D eigenvalue weighted by Gasteiger charge is -2.13. The van der Waals surface area contributed by atoms with Gasteiger partial charge in [-0.1, -0.05) is 18.2 Å². The number of nitro benzene ring substituents is 1. The number of carbonyl (C=O) groups excluding carboxylic acids is 1. The van der Waals surface area contributed by atoms with Crippen molar-refractivity contribution in [3.63, 3.8) is 0 Å². The predicted octanol–water partition coefficient (Wildman–Crippen LogP) is 4.76. The van der Waals surface area contributed by atoms with E-state index in [-0.39, 0.29) is 11.3 Å². The number of carbonyl (C=O) groups is 1. The number of hydrogen-bond donors (Lipinski definition) is 2. The van der Waals surface area contributed by atoms with Crippen molar-refractivity contribution in [2.75, 3.05) is 13.7 Å². The molecule has 0 aliphatic heterocycles. The number of amides is 1. The minimum atomic E-state index is -0.480. The average Bonchev–Trinajstić information content (AvgIpc) is 3.41. The number of aromatic amines is 1. The van der Waals surface area contributed by atoms with Crippen LogP contribution < -0.4 is 10.1 Å².